The Labute approximate surface area is 233 Å². The van der Waals surface area contributed by atoms with Crippen LogP contribution in [-0.4, -0.2) is 47.5 Å². The minimum absolute atomic E-state index is 0.0922. The highest BCUT2D eigenvalue weighted by Crippen LogP contribution is 2.39. The molecule has 0 bridgehead atoms. The number of rotatable bonds is 5. The van der Waals surface area contributed by atoms with Crippen LogP contribution < -0.4 is 10.9 Å². The fraction of sp³-hybridized carbons (Fsp3) is 0.433. The average Bonchev–Trinajstić information content (AvgIpc) is 3.71. The number of nitrogens with zero attached hydrogens (tertiary/aromatic N) is 6. The van der Waals surface area contributed by atoms with Gasteiger partial charge in [0.05, 0.1) is 0 Å². The van der Waals surface area contributed by atoms with Gasteiger partial charge in [0.15, 0.2) is 11.5 Å². The zero-order chi connectivity index (χ0) is 28.2. The number of hydrogen-bond donors (Lipinski definition) is 1. The molecule has 1 fully saturated rings. The number of benzene rings is 1. The Morgan fingerprint density at radius 1 is 1.10 bits per heavy atom. The number of carbonyl (C=O) groups is 1. The third-order valence-electron chi connectivity index (χ3n) is 7.21. The highest BCUT2D eigenvalue weighted by atomic mass is 16.6. The van der Waals surface area contributed by atoms with Gasteiger partial charge in [-0.2, -0.15) is 4.98 Å². The lowest BCUT2D eigenvalue weighted by Crippen LogP contribution is -2.39. The molecule has 2 aliphatic rings. The smallest absolute Gasteiger partial charge is 0.410 e. The standard InChI is InChI=1S/C30H35N7O3/c1-18(2)36-27(38)23-16-31-28(34-26(23)37(36)25-8-6-7-24(33-25)19-9-10-19)32-22-12-11-21-17-35(14-13-20(21)15-22)29(39)40-30(3,4)5/h6-8,11-12,15-16,18-19H,9-10,13-14,17H2,1-5H3,(H,31,32,34). The summed E-state index contributed by atoms with van der Waals surface area (Å²) in [5, 5.41) is 3.76. The van der Waals surface area contributed by atoms with Gasteiger partial charge in [-0.25, -0.2) is 24.1 Å². The topological polar surface area (TPSA) is 107 Å². The number of amides is 1. The molecule has 208 valence electrons. The second-order valence-electron chi connectivity index (χ2n) is 11.9. The number of nitrogens with one attached hydrogen (secondary N) is 1. The molecule has 6 rings (SSSR count). The van der Waals surface area contributed by atoms with Crippen molar-refractivity contribution in [1.82, 2.24) is 29.2 Å². The molecule has 0 unspecified atom stereocenters. The van der Waals surface area contributed by atoms with Gasteiger partial charge in [-0.15, -0.1) is 0 Å². The highest BCUT2D eigenvalue weighted by molar-refractivity contribution is 5.77. The number of hydrogen-bond acceptors (Lipinski definition) is 7. The van der Waals surface area contributed by atoms with Gasteiger partial charge < -0.3 is 15.0 Å². The fourth-order valence-electron chi connectivity index (χ4n) is 5.15. The van der Waals surface area contributed by atoms with Crippen molar-refractivity contribution in [2.75, 3.05) is 11.9 Å². The number of ether oxygens (including phenoxy) is 1. The van der Waals surface area contributed by atoms with Crippen molar-refractivity contribution in [3.05, 3.63) is 69.8 Å². The van der Waals surface area contributed by atoms with Crippen LogP contribution in [0.25, 0.3) is 16.9 Å². The van der Waals surface area contributed by atoms with Gasteiger partial charge in [0, 0.05) is 42.6 Å². The molecule has 1 N–H and O–H groups in total. The maximum absolute atomic E-state index is 13.4. The Balaban J connectivity index is 1.30. The molecular formula is C30H35N7O3. The Morgan fingerprint density at radius 2 is 1.90 bits per heavy atom. The van der Waals surface area contributed by atoms with Crippen LogP contribution in [-0.2, 0) is 17.7 Å². The third-order valence-corrected chi connectivity index (χ3v) is 7.21. The van der Waals surface area contributed by atoms with Gasteiger partial charge in [-0.05, 0) is 89.3 Å². The van der Waals surface area contributed by atoms with Gasteiger partial charge in [0.25, 0.3) is 5.56 Å². The molecule has 1 aromatic carbocycles. The summed E-state index contributed by atoms with van der Waals surface area (Å²) in [6, 6.07) is 11.9. The third kappa shape index (κ3) is 5.05. The van der Waals surface area contributed by atoms with Crippen LogP contribution in [0.3, 0.4) is 0 Å². The zero-order valence-electron chi connectivity index (χ0n) is 23.6. The molecule has 4 aromatic rings. The van der Waals surface area contributed by atoms with Gasteiger partial charge in [0.1, 0.15) is 11.0 Å². The summed E-state index contributed by atoms with van der Waals surface area (Å²) in [4.78, 5) is 41.8. The lowest BCUT2D eigenvalue weighted by atomic mass is 9.99. The van der Waals surface area contributed by atoms with E-state index in [1.807, 2.05) is 63.6 Å². The van der Waals surface area contributed by atoms with Gasteiger partial charge in [-0.1, -0.05) is 12.1 Å². The minimum Gasteiger partial charge on any atom is -0.444 e. The van der Waals surface area contributed by atoms with E-state index >= 15 is 0 Å². The molecule has 3 aromatic heterocycles. The first-order valence-electron chi connectivity index (χ1n) is 13.9. The first-order valence-corrected chi connectivity index (χ1v) is 13.9. The molecule has 0 atom stereocenters. The van der Waals surface area contributed by atoms with Crippen molar-refractivity contribution in [2.45, 2.75) is 78.0 Å². The maximum atomic E-state index is 13.4. The molecule has 40 heavy (non-hydrogen) atoms. The largest absolute Gasteiger partial charge is 0.444 e. The van der Waals surface area contributed by atoms with Crippen LogP contribution >= 0.6 is 0 Å². The summed E-state index contributed by atoms with van der Waals surface area (Å²) >= 11 is 0. The first kappa shape index (κ1) is 26.0. The normalized spacial score (nSPS) is 15.4. The Bertz CT molecular complexity index is 1660. The predicted octanol–water partition coefficient (Wildman–Crippen LogP) is 5.47. The van der Waals surface area contributed by atoms with Crippen molar-refractivity contribution in [1.29, 1.82) is 0 Å². The molecule has 10 nitrogen and oxygen atoms in total. The van der Waals surface area contributed by atoms with Gasteiger partial charge >= 0.3 is 6.09 Å². The highest BCUT2D eigenvalue weighted by Gasteiger charge is 2.27. The van der Waals surface area contributed by atoms with Gasteiger partial charge in [-0.3, -0.25) is 4.79 Å². The van der Waals surface area contributed by atoms with E-state index in [0.717, 1.165) is 41.8 Å². The van der Waals surface area contributed by atoms with Gasteiger partial charge in [0.2, 0.25) is 5.95 Å². The summed E-state index contributed by atoms with van der Waals surface area (Å²) in [6.07, 6.45) is 4.32. The van der Waals surface area contributed by atoms with E-state index < -0.39 is 5.60 Å². The fourth-order valence-corrected chi connectivity index (χ4v) is 5.15. The number of aromatic nitrogens is 5. The zero-order valence-corrected chi connectivity index (χ0v) is 23.6. The molecule has 1 saturated carbocycles. The van der Waals surface area contributed by atoms with Crippen molar-refractivity contribution < 1.29 is 9.53 Å². The summed E-state index contributed by atoms with van der Waals surface area (Å²) < 4.78 is 9.06. The summed E-state index contributed by atoms with van der Waals surface area (Å²) in [6.45, 7) is 10.7. The van der Waals surface area contributed by atoms with Crippen LogP contribution in [0.4, 0.5) is 16.4 Å². The summed E-state index contributed by atoms with van der Waals surface area (Å²) in [5.41, 5.74) is 3.99. The molecule has 0 spiro atoms. The minimum atomic E-state index is -0.524. The van der Waals surface area contributed by atoms with Crippen LogP contribution in [0.15, 0.2) is 47.4 Å². The van der Waals surface area contributed by atoms with Crippen LogP contribution in [0, 0.1) is 0 Å². The molecule has 1 amide bonds. The molecule has 4 heterocycles. The van der Waals surface area contributed by atoms with Crippen LogP contribution in [0.5, 0.6) is 0 Å². The second kappa shape index (κ2) is 9.76. The molecule has 1 aliphatic carbocycles. The number of carbonyl (C=O) groups excluding carboxylic acids is 1. The molecule has 0 radical (unpaired) electrons. The molecular weight excluding hydrogens is 506 g/mol. The van der Waals surface area contributed by atoms with Crippen molar-refractivity contribution >= 4 is 28.8 Å². The Hall–Kier alpha value is -4.21. The maximum Gasteiger partial charge on any atom is 0.410 e. The van der Waals surface area contributed by atoms with E-state index in [1.54, 1.807) is 15.8 Å². The number of fused-ring (bicyclic) bond motifs is 2. The van der Waals surface area contributed by atoms with E-state index in [4.69, 9.17) is 14.7 Å². The van der Waals surface area contributed by atoms with E-state index in [9.17, 15) is 9.59 Å². The number of anilines is 2. The van der Waals surface area contributed by atoms with Crippen molar-refractivity contribution in [2.24, 2.45) is 0 Å². The van der Waals surface area contributed by atoms with Crippen LogP contribution in [0.2, 0.25) is 0 Å². The second-order valence-corrected chi connectivity index (χ2v) is 11.9. The summed E-state index contributed by atoms with van der Waals surface area (Å²) in [5.74, 6) is 1.57. The lowest BCUT2D eigenvalue weighted by Gasteiger charge is -2.31. The number of pyridine rings is 1. The van der Waals surface area contributed by atoms with E-state index in [1.165, 1.54) is 0 Å². The van der Waals surface area contributed by atoms with Crippen LogP contribution in [0.1, 0.15) is 76.2 Å². The molecule has 10 heteroatoms. The molecule has 0 saturated heterocycles. The SMILES string of the molecule is CC(C)n1c(=O)c2cnc(Nc3ccc4c(c3)CCN(C(=O)OC(C)(C)C)C4)nc2n1-c1cccc(C2CC2)n1. The van der Waals surface area contributed by atoms with E-state index in [-0.39, 0.29) is 17.7 Å². The average molecular weight is 542 g/mol. The van der Waals surface area contributed by atoms with E-state index in [2.05, 4.69) is 22.4 Å². The quantitative estimate of drug-likeness (QED) is 0.357. The first-order chi connectivity index (χ1) is 19.1. The monoisotopic (exact) mass is 541 g/mol. The lowest BCUT2D eigenvalue weighted by molar-refractivity contribution is 0.0224. The predicted molar refractivity (Wildman–Crippen MR) is 153 cm³/mol. The van der Waals surface area contributed by atoms with Crippen molar-refractivity contribution in [3.63, 3.8) is 0 Å². The Kier molecular flexibility index (Phi) is 6.35. The van der Waals surface area contributed by atoms with Crippen molar-refractivity contribution in [3.8, 4) is 5.82 Å². The summed E-state index contributed by atoms with van der Waals surface area (Å²) in [7, 11) is 0. The molecule has 1 aliphatic heterocycles. The van der Waals surface area contributed by atoms with E-state index in [0.29, 0.717) is 41.8 Å². The Morgan fingerprint density at radius 3 is 2.62 bits per heavy atom.